The van der Waals surface area contributed by atoms with E-state index in [1.165, 1.54) is 29.3 Å². The van der Waals surface area contributed by atoms with Crippen LogP contribution in [0.3, 0.4) is 0 Å². The Morgan fingerprint density at radius 3 is 2.26 bits per heavy atom. The molecule has 2 aliphatic carbocycles. The number of esters is 1. The number of fused-ring (bicyclic) bond motifs is 3. The van der Waals surface area contributed by atoms with Gasteiger partial charge in [0.05, 0.1) is 0 Å². The quantitative estimate of drug-likeness (QED) is 0.447. The van der Waals surface area contributed by atoms with Crippen LogP contribution < -0.4 is 10.1 Å². The molecular formula is C27H21NO6. The molecule has 0 heterocycles. The van der Waals surface area contributed by atoms with Gasteiger partial charge in [0.2, 0.25) is 0 Å². The van der Waals surface area contributed by atoms with E-state index in [0.717, 1.165) is 19.3 Å². The number of nitrogens with one attached hydrogen (secondary N) is 1. The maximum absolute atomic E-state index is 12.8. The number of ketones is 2. The first-order valence-corrected chi connectivity index (χ1v) is 11.0. The third-order valence-electron chi connectivity index (χ3n) is 6.00. The lowest BCUT2D eigenvalue weighted by Gasteiger charge is -2.18. The number of anilines is 1. The second-order valence-corrected chi connectivity index (χ2v) is 8.25. The second-order valence-electron chi connectivity index (χ2n) is 8.25. The molecule has 0 aromatic heterocycles. The fraction of sp³-hybridized carbons (Fsp3) is 0.185. The van der Waals surface area contributed by atoms with Crippen molar-refractivity contribution in [2.45, 2.75) is 19.3 Å². The molecule has 0 fully saturated rings. The summed E-state index contributed by atoms with van der Waals surface area (Å²) in [4.78, 5) is 49.7. The van der Waals surface area contributed by atoms with Crippen LogP contribution in [0.25, 0.3) is 0 Å². The fourth-order valence-corrected chi connectivity index (χ4v) is 4.34. The standard InChI is InChI=1S/C27H21NO6/c29-24(14-34-25(30)15-33-19-10-8-16-4-3-5-17(16)12-19)28-18-9-11-22-23(13-18)27(32)21-7-2-1-6-20(21)26(22)31/h1-2,6-13H,3-5,14-15H2,(H,28,29). The molecule has 1 N–H and O–H groups in total. The predicted molar refractivity (Wildman–Crippen MR) is 123 cm³/mol. The highest BCUT2D eigenvalue weighted by Gasteiger charge is 2.29. The van der Waals surface area contributed by atoms with Crippen molar-refractivity contribution < 1.29 is 28.7 Å². The van der Waals surface area contributed by atoms with Gasteiger partial charge in [0.15, 0.2) is 24.8 Å². The van der Waals surface area contributed by atoms with Crippen molar-refractivity contribution >= 4 is 29.1 Å². The molecule has 0 saturated carbocycles. The third-order valence-corrected chi connectivity index (χ3v) is 6.00. The smallest absolute Gasteiger partial charge is 0.344 e. The highest BCUT2D eigenvalue weighted by atomic mass is 16.6. The van der Waals surface area contributed by atoms with Crippen molar-refractivity contribution in [3.8, 4) is 5.75 Å². The second kappa shape index (κ2) is 8.94. The average Bonchev–Trinajstić information content (AvgIpc) is 3.33. The molecule has 2 aliphatic rings. The molecule has 5 rings (SSSR count). The lowest BCUT2D eigenvalue weighted by atomic mass is 9.84. The molecule has 0 atom stereocenters. The van der Waals surface area contributed by atoms with Crippen molar-refractivity contribution in [2.24, 2.45) is 0 Å². The van der Waals surface area contributed by atoms with Gasteiger partial charge in [-0.2, -0.15) is 0 Å². The predicted octanol–water partition coefficient (Wildman–Crippen LogP) is 3.51. The summed E-state index contributed by atoms with van der Waals surface area (Å²) in [6.07, 6.45) is 3.19. The minimum absolute atomic E-state index is 0.223. The van der Waals surface area contributed by atoms with Crippen LogP contribution in [-0.2, 0) is 27.2 Å². The van der Waals surface area contributed by atoms with Crippen molar-refractivity contribution in [3.05, 3.63) is 94.0 Å². The van der Waals surface area contributed by atoms with Crippen LogP contribution in [0.4, 0.5) is 5.69 Å². The van der Waals surface area contributed by atoms with Crippen LogP contribution >= 0.6 is 0 Å². The molecular weight excluding hydrogens is 434 g/mol. The Balaban J connectivity index is 1.16. The summed E-state index contributed by atoms with van der Waals surface area (Å²) in [5, 5.41) is 2.59. The maximum atomic E-state index is 12.8. The minimum atomic E-state index is -0.668. The lowest BCUT2D eigenvalue weighted by Crippen LogP contribution is -2.24. The molecule has 0 radical (unpaired) electrons. The Morgan fingerprint density at radius 2 is 1.47 bits per heavy atom. The van der Waals surface area contributed by atoms with E-state index < -0.39 is 18.5 Å². The van der Waals surface area contributed by atoms with Gasteiger partial charge in [0, 0.05) is 27.9 Å². The maximum Gasteiger partial charge on any atom is 0.344 e. The summed E-state index contributed by atoms with van der Waals surface area (Å²) in [7, 11) is 0. The molecule has 0 spiro atoms. The van der Waals surface area contributed by atoms with Gasteiger partial charge in [0.25, 0.3) is 5.91 Å². The zero-order valence-electron chi connectivity index (χ0n) is 18.3. The number of carbonyl (C=O) groups is 4. The van der Waals surface area contributed by atoms with Crippen molar-refractivity contribution in [3.63, 3.8) is 0 Å². The summed E-state index contributed by atoms with van der Waals surface area (Å²) in [5.41, 5.74) is 4.09. The lowest BCUT2D eigenvalue weighted by molar-refractivity contribution is -0.149. The van der Waals surface area contributed by atoms with Crippen LogP contribution in [0.15, 0.2) is 60.7 Å². The van der Waals surface area contributed by atoms with Crippen LogP contribution in [0, 0.1) is 0 Å². The fourth-order valence-electron chi connectivity index (χ4n) is 4.34. The third kappa shape index (κ3) is 4.20. The van der Waals surface area contributed by atoms with Gasteiger partial charge in [-0.05, 0) is 60.7 Å². The highest BCUT2D eigenvalue weighted by Crippen LogP contribution is 2.29. The van der Waals surface area contributed by atoms with Gasteiger partial charge in [-0.15, -0.1) is 0 Å². The normalized spacial score (nSPS) is 13.5. The Bertz CT molecular complexity index is 1340. The van der Waals surface area contributed by atoms with Crippen LogP contribution in [0.5, 0.6) is 5.75 Å². The number of benzene rings is 3. The number of rotatable bonds is 6. The van der Waals surface area contributed by atoms with E-state index in [2.05, 4.69) is 5.32 Å². The molecule has 170 valence electrons. The highest BCUT2D eigenvalue weighted by molar-refractivity contribution is 6.28. The van der Waals surface area contributed by atoms with Crippen LogP contribution in [-0.4, -0.2) is 36.7 Å². The van der Waals surface area contributed by atoms with E-state index in [0.29, 0.717) is 22.6 Å². The monoisotopic (exact) mass is 455 g/mol. The summed E-state index contributed by atoms with van der Waals surface area (Å²) >= 11 is 0. The molecule has 1 amide bonds. The summed E-state index contributed by atoms with van der Waals surface area (Å²) < 4.78 is 10.5. The van der Waals surface area contributed by atoms with E-state index in [1.54, 1.807) is 24.3 Å². The van der Waals surface area contributed by atoms with Gasteiger partial charge < -0.3 is 14.8 Å². The zero-order chi connectivity index (χ0) is 23.7. The van der Waals surface area contributed by atoms with E-state index >= 15 is 0 Å². The number of hydrogen-bond donors (Lipinski definition) is 1. The number of ether oxygens (including phenoxy) is 2. The first kappa shape index (κ1) is 21.6. The number of amides is 1. The zero-order valence-corrected chi connectivity index (χ0v) is 18.3. The summed E-state index contributed by atoms with van der Waals surface area (Å²) in [5.74, 6) is -1.16. The Morgan fingerprint density at radius 1 is 0.765 bits per heavy atom. The number of carbonyl (C=O) groups excluding carboxylic acids is 4. The minimum Gasteiger partial charge on any atom is -0.482 e. The Hall–Kier alpha value is -4.26. The average molecular weight is 455 g/mol. The van der Waals surface area contributed by atoms with Crippen molar-refractivity contribution in [2.75, 3.05) is 18.5 Å². The van der Waals surface area contributed by atoms with Crippen molar-refractivity contribution in [1.29, 1.82) is 0 Å². The van der Waals surface area contributed by atoms with E-state index in [4.69, 9.17) is 9.47 Å². The van der Waals surface area contributed by atoms with E-state index in [-0.39, 0.29) is 29.3 Å². The molecule has 7 nitrogen and oxygen atoms in total. The summed E-state index contributed by atoms with van der Waals surface area (Å²) in [6, 6.07) is 16.9. The molecule has 3 aromatic carbocycles. The topological polar surface area (TPSA) is 98.8 Å². The van der Waals surface area contributed by atoms with E-state index in [9.17, 15) is 19.2 Å². The van der Waals surface area contributed by atoms with Crippen molar-refractivity contribution in [1.82, 2.24) is 0 Å². The van der Waals surface area contributed by atoms with Crippen LogP contribution in [0.2, 0.25) is 0 Å². The largest absolute Gasteiger partial charge is 0.482 e. The molecule has 0 bridgehead atoms. The van der Waals surface area contributed by atoms with Gasteiger partial charge in [-0.1, -0.05) is 30.3 Å². The molecule has 7 heteroatoms. The molecule has 0 unspecified atom stereocenters. The molecule has 0 aliphatic heterocycles. The summed E-state index contributed by atoms with van der Waals surface area (Å²) in [6.45, 7) is -0.805. The Labute approximate surface area is 195 Å². The molecule has 34 heavy (non-hydrogen) atoms. The first-order valence-electron chi connectivity index (χ1n) is 11.0. The van der Waals surface area contributed by atoms with Gasteiger partial charge >= 0.3 is 5.97 Å². The molecule has 3 aromatic rings. The van der Waals surface area contributed by atoms with Gasteiger partial charge in [-0.25, -0.2) is 4.79 Å². The van der Waals surface area contributed by atoms with E-state index in [1.807, 2.05) is 18.2 Å². The Kier molecular flexibility index (Phi) is 5.67. The first-order chi connectivity index (χ1) is 16.5. The molecule has 0 saturated heterocycles. The SMILES string of the molecule is O=C(COC(=O)COc1ccc2c(c1)CCC2)Nc1ccc2c(c1)C(=O)c1ccccc1C2=O. The van der Waals surface area contributed by atoms with Gasteiger partial charge in [0.1, 0.15) is 5.75 Å². The number of aryl methyl sites for hydroxylation is 2. The van der Waals surface area contributed by atoms with Crippen LogP contribution in [0.1, 0.15) is 49.4 Å². The number of hydrogen-bond acceptors (Lipinski definition) is 6. The van der Waals surface area contributed by atoms with Gasteiger partial charge in [-0.3, -0.25) is 14.4 Å².